The average molecular weight is 228 g/mol. The molecule has 0 saturated heterocycles. The number of rotatable bonds is 4. The fourth-order valence-electron chi connectivity index (χ4n) is 2.46. The molecule has 0 aromatic carbocycles. The van der Waals surface area contributed by atoms with Crippen LogP contribution in [0.5, 0.6) is 0 Å². The third-order valence-corrected chi connectivity index (χ3v) is 3.52. The van der Waals surface area contributed by atoms with Gasteiger partial charge in [-0.05, 0) is 12.8 Å². The zero-order valence-electron chi connectivity index (χ0n) is 9.25. The van der Waals surface area contributed by atoms with E-state index >= 15 is 0 Å². The minimum absolute atomic E-state index is 0.464. The van der Waals surface area contributed by atoms with Crippen molar-refractivity contribution in [2.45, 2.75) is 51.5 Å². The largest absolute Gasteiger partial charge is 0.314 e. The second-order valence-corrected chi connectivity index (χ2v) is 4.53. The number of alkyl halides is 1. The molecule has 0 bridgehead atoms. The van der Waals surface area contributed by atoms with Crippen LogP contribution in [0.15, 0.2) is 0 Å². The Balaban J connectivity index is 2.09. The third-order valence-electron chi connectivity index (χ3n) is 3.29. The van der Waals surface area contributed by atoms with Gasteiger partial charge < -0.3 is 4.57 Å². The first kappa shape index (κ1) is 10.9. The maximum absolute atomic E-state index is 5.82. The van der Waals surface area contributed by atoms with Crippen LogP contribution < -0.4 is 0 Å². The van der Waals surface area contributed by atoms with Crippen molar-refractivity contribution in [1.29, 1.82) is 0 Å². The maximum Gasteiger partial charge on any atom is 0.147 e. The summed E-state index contributed by atoms with van der Waals surface area (Å²) in [5.41, 5.74) is 0. The highest BCUT2D eigenvalue weighted by Gasteiger charge is 2.19. The lowest BCUT2D eigenvalue weighted by Gasteiger charge is -2.09. The van der Waals surface area contributed by atoms with Crippen LogP contribution in [-0.4, -0.2) is 14.8 Å². The number of halogens is 1. The summed E-state index contributed by atoms with van der Waals surface area (Å²) in [5, 5.41) is 8.38. The van der Waals surface area contributed by atoms with Crippen LogP contribution in [0.4, 0.5) is 0 Å². The Morgan fingerprint density at radius 3 is 2.53 bits per heavy atom. The first-order chi connectivity index (χ1) is 7.35. The van der Waals surface area contributed by atoms with Crippen LogP contribution in [0.3, 0.4) is 0 Å². The van der Waals surface area contributed by atoms with Crippen molar-refractivity contribution in [3.63, 3.8) is 0 Å². The van der Waals surface area contributed by atoms with E-state index in [0.717, 1.165) is 30.5 Å². The average Bonchev–Trinajstić information content (AvgIpc) is 2.87. The Morgan fingerprint density at radius 2 is 1.93 bits per heavy atom. The van der Waals surface area contributed by atoms with Gasteiger partial charge in [-0.15, -0.1) is 21.8 Å². The Kier molecular flexibility index (Phi) is 3.62. The van der Waals surface area contributed by atoms with E-state index in [1.807, 2.05) is 0 Å². The molecule has 4 heteroatoms. The topological polar surface area (TPSA) is 30.7 Å². The van der Waals surface area contributed by atoms with Gasteiger partial charge in [-0.2, -0.15) is 0 Å². The van der Waals surface area contributed by atoms with Gasteiger partial charge in [0.05, 0.1) is 5.88 Å². The van der Waals surface area contributed by atoms with E-state index in [1.165, 1.54) is 25.7 Å². The maximum atomic E-state index is 5.82. The fraction of sp³-hybridized carbons (Fsp3) is 0.818. The SMILES string of the molecule is CCn1c(CCl)nnc1CC1CCCC1. The standard InChI is InChI=1S/C11H18ClN3/c1-2-15-10(13-14-11(15)8-12)7-9-5-3-4-6-9/h9H,2-8H2,1H3. The molecular weight excluding hydrogens is 210 g/mol. The van der Waals surface area contributed by atoms with Crippen LogP contribution in [-0.2, 0) is 18.8 Å². The van der Waals surface area contributed by atoms with Crippen molar-refractivity contribution in [1.82, 2.24) is 14.8 Å². The molecule has 0 radical (unpaired) electrons. The molecule has 1 aromatic heterocycles. The first-order valence-corrected chi connectivity index (χ1v) is 6.35. The Labute approximate surface area is 95.8 Å². The summed E-state index contributed by atoms with van der Waals surface area (Å²) < 4.78 is 2.16. The van der Waals surface area contributed by atoms with E-state index in [0.29, 0.717) is 5.88 Å². The van der Waals surface area contributed by atoms with Gasteiger partial charge in [0.1, 0.15) is 11.6 Å². The zero-order chi connectivity index (χ0) is 10.7. The molecule has 3 nitrogen and oxygen atoms in total. The second-order valence-electron chi connectivity index (χ2n) is 4.26. The summed E-state index contributed by atoms with van der Waals surface area (Å²) in [7, 11) is 0. The molecule has 2 rings (SSSR count). The lowest BCUT2D eigenvalue weighted by Crippen LogP contribution is -2.09. The van der Waals surface area contributed by atoms with Gasteiger partial charge in [0.25, 0.3) is 0 Å². The number of hydrogen-bond acceptors (Lipinski definition) is 2. The van der Waals surface area contributed by atoms with E-state index in [2.05, 4.69) is 21.7 Å². The van der Waals surface area contributed by atoms with Crippen LogP contribution in [0.25, 0.3) is 0 Å². The molecule has 0 N–H and O–H groups in total. The molecule has 15 heavy (non-hydrogen) atoms. The molecule has 1 saturated carbocycles. The van der Waals surface area contributed by atoms with E-state index in [4.69, 9.17) is 11.6 Å². The van der Waals surface area contributed by atoms with Gasteiger partial charge >= 0.3 is 0 Å². The van der Waals surface area contributed by atoms with Crippen LogP contribution in [0.2, 0.25) is 0 Å². The summed E-state index contributed by atoms with van der Waals surface area (Å²) in [4.78, 5) is 0. The minimum Gasteiger partial charge on any atom is -0.314 e. The molecule has 0 amide bonds. The van der Waals surface area contributed by atoms with Crippen molar-refractivity contribution in [3.05, 3.63) is 11.6 Å². The highest BCUT2D eigenvalue weighted by atomic mass is 35.5. The van der Waals surface area contributed by atoms with Crippen molar-refractivity contribution in [2.24, 2.45) is 5.92 Å². The van der Waals surface area contributed by atoms with Gasteiger partial charge in [0, 0.05) is 13.0 Å². The molecule has 84 valence electrons. The molecule has 1 aliphatic carbocycles. The molecule has 0 atom stereocenters. The highest BCUT2D eigenvalue weighted by molar-refractivity contribution is 6.16. The van der Waals surface area contributed by atoms with E-state index in [9.17, 15) is 0 Å². The third kappa shape index (κ3) is 2.33. The lowest BCUT2D eigenvalue weighted by atomic mass is 10.0. The number of hydrogen-bond donors (Lipinski definition) is 0. The second kappa shape index (κ2) is 4.97. The fourth-order valence-corrected chi connectivity index (χ4v) is 2.66. The normalized spacial score (nSPS) is 17.5. The molecule has 0 spiro atoms. The number of aromatic nitrogens is 3. The molecule has 1 fully saturated rings. The van der Waals surface area contributed by atoms with E-state index < -0.39 is 0 Å². The first-order valence-electron chi connectivity index (χ1n) is 5.82. The smallest absolute Gasteiger partial charge is 0.147 e. The Hall–Kier alpha value is -0.570. The van der Waals surface area contributed by atoms with Gasteiger partial charge in [-0.1, -0.05) is 25.7 Å². The summed E-state index contributed by atoms with van der Waals surface area (Å²) in [6, 6.07) is 0. The summed E-state index contributed by atoms with van der Waals surface area (Å²) in [6.07, 6.45) is 6.55. The molecule has 0 aliphatic heterocycles. The van der Waals surface area contributed by atoms with Gasteiger partial charge in [-0.25, -0.2) is 0 Å². The summed E-state index contributed by atoms with van der Waals surface area (Å²) in [5.74, 6) is 3.32. The molecule has 0 unspecified atom stereocenters. The van der Waals surface area contributed by atoms with Crippen LogP contribution in [0, 0.1) is 5.92 Å². The molecule has 1 aliphatic rings. The van der Waals surface area contributed by atoms with E-state index in [1.54, 1.807) is 0 Å². The molecule has 1 aromatic rings. The van der Waals surface area contributed by atoms with Gasteiger partial charge in [0.2, 0.25) is 0 Å². The minimum atomic E-state index is 0.464. The summed E-state index contributed by atoms with van der Waals surface area (Å²) >= 11 is 5.82. The highest BCUT2D eigenvalue weighted by Crippen LogP contribution is 2.27. The van der Waals surface area contributed by atoms with Gasteiger partial charge in [0.15, 0.2) is 0 Å². The Morgan fingerprint density at radius 1 is 1.27 bits per heavy atom. The predicted molar refractivity (Wildman–Crippen MR) is 60.9 cm³/mol. The van der Waals surface area contributed by atoms with E-state index in [-0.39, 0.29) is 0 Å². The van der Waals surface area contributed by atoms with Crippen molar-refractivity contribution in [3.8, 4) is 0 Å². The summed E-state index contributed by atoms with van der Waals surface area (Å²) in [6.45, 7) is 3.05. The van der Waals surface area contributed by atoms with Crippen molar-refractivity contribution >= 4 is 11.6 Å². The monoisotopic (exact) mass is 227 g/mol. The van der Waals surface area contributed by atoms with Crippen LogP contribution in [0.1, 0.15) is 44.3 Å². The zero-order valence-corrected chi connectivity index (χ0v) is 10.0. The van der Waals surface area contributed by atoms with Crippen LogP contribution >= 0.6 is 11.6 Å². The van der Waals surface area contributed by atoms with Gasteiger partial charge in [-0.3, -0.25) is 0 Å². The van der Waals surface area contributed by atoms with Crippen molar-refractivity contribution < 1.29 is 0 Å². The molecular formula is C11H18ClN3. The lowest BCUT2D eigenvalue weighted by molar-refractivity contribution is 0.510. The predicted octanol–water partition coefficient (Wildman–Crippen LogP) is 2.77. The van der Waals surface area contributed by atoms with Crippen molar-refractivity contribution in [2.75, 3.05) is 0 Å². The Bertz CT molecular complexity index is 316. The molecule has 1 heterocycles. The number of nitrogens with zero attached hydrogens (tertiary/aromatic N) is 3. The quantitative estimate of drug-likeness (QED) is 0.741.